The predicted octanol–water partition coefficient (Wildman–Crippen LogP) is 2.52. The van der Waals surface area contributed by atoms with Crippen molar-refractivity contribution in [1.29, 1.82) is 0 Å². The zero-order chi connectivity index (χ0) is 14.8. The van der Waals surface area contributed by atoms with Crippen molar-refractivity contribution >= 4 is 17.7 Å². The third-order valence-electron chi connectivity index (χ3n) is 3.27. The molecule has 0 spiro atoms. The molecular formula is C14H14FN3O2S. The van der Waals surface area contributed by atoms with Crippen molar-refractivity contribution in [2.24, 2.45) is 0 Å². The molecule has 1 saturated carbocycles. The van der Waals surface area contributed by atoms with Crippen molar-refractivity contribution in [2.45, 2.75) is 30.5 Å². The van der Waals surface area contributed by atoms with Crippen LogP contribution in [0, 0.1) is 5.82 Å². The van der Waals surface area contributed by atoms with Crippen LogP contribution in [-0.4, -0.2) is 31.6 Å². The number of carbonyl (C=O) groups is 1. The summed E-state index contributed by atoms with van der Waals surface area (Å²) in [6.07, 6.45) is 2.18. The van der Waals surface area contributed by atoms with E-state index in [1.807, 2.05) is 4.57 Å². The minimum absolute atomic E-state index is 0.0494. The van der Waals surface area contributed by atoms with Gasteiger partial charge < -0.3 is 9.67 Å². The van der Waals surface area contributed by atoms with Gasteiger partial charge in [0.25, 0.3) is 0 Å². The standard InChI is InChI=1S/C14H14FN3O2S/c15-11-5-1-9(2-6-11)7-18-13(10-3-4-10)16-17-14(18)21-8-12(19)20/h1-2,5-6,10H,3-4,7-8H2,(H,19,20). The lowest BCUT2D eigenvalue weighted by Crippen LogP contribution is -2.07. The van der Waals surface area contributed by atoms with E-state index in [0.717, 1.165) is 36.0 Å². The molecule has 0 bridgehead atoms. The lowest BCUT2D eigenvalue weighted by atomic mass is 10.2. The highest BCUT2D eigenvalue weighted by Crippen LogP contribution is 2.40. The van der Waals surface area contributed by atoms with Gasteiger partial charge in [0.05, 0.1) is 12.3 Å². The zero-order valence-corrected chi connectivity index (χ0v) is 12.0. The molecule has 1 N–H and O–H groups in total. The predicted molar refractivity (Wildman–Crippen MR) is 75.9 cm³/mol. The molecule has 5 nitrogen and oxygen atoms in total. The van der Waals surface area contributed by atoms with Gasteiger partial charge in [-0.25, -0.2) is 4.39 Å². The zero-order valence-electron chi connectivity index (χ0n) is 11.2. The summed E-state index contributed by atoms with van der Waals surface area (Å²) < 4.78 is 14.9. The number of aromatic nitrogens is 3. The maximum absolute atomic E-state index is 13.0. The Kier molecular flexibility index (Phi) is 3.92. The Hall–Kier alpha value is -1.89. The first-order valence-electron chi connectivity index (χ1n) is 6.65. The van der Waals surface area contributed by atoms with E-state index in [9.17, 15) is 9.18 Å². The van der Waals surface area contributed by atoms with Crippen LogP contribution in [0.1, 0.15) is 30.1 Å². The molecule has 0 unspecified atom stereocenters. The summed E-state index contributed by atoms with van der Waals surface area (Å²) in [4.78, 5) is 10.7. The molecule has 110 valence electrons. The Morgan fingerprint density at radius 1 is 1.33 bits per heavy atom. The first-order chi connectivity index (χ1) is 10.1. The van der Waals surface area contributed by atoms with E-state index >= 15 is 0 Å². The third kappa shape index (κ3) is 3.41. The molecule has 0 amide bonds. The molecule has 0 aliphatic heterocycles. The van der Waals surface area contributed by atoms with Gasteiger partial charge in [0, 0.05) is 5.92 Å². The second kappa shape index (κ2) is 5.85. The fourth-order valence-corrected chi connectivity index (χ4v) is 2.76. The van der Waals surface area contributed by atoms with E-state index in [4.69, 9.17) is 5.11 Å². The van der Waals surface area contributed by atoms with Gasteiger partial charge in [-0.3, -0.25) is 4.79 Å². The number of halogens is 1. The number of carboxylic acid groups (broad SMARTS) is 1. The summed E-state index contributed by atoms with van der Waals surface area (Å²) in [5, 5.41) is 17.7. The highest BCUT2D eigenvalue weighted by Gasteiger charge is 2.30. The maximum atomic E-state index is 13.0. The fourth-order valence-electron chi connectivity index (χ4n) is 2.10. The molecule has 2 aromatic rings. The molecule has 3 rings (SSSR count). The number of hydrogen-bond donors (Lipinski definition) is 1. The SMILES string of the molecule is O=C(O)CSc1nnc(C2CC2)n1Cc1ccc(F)cc1. The minimum Gasteiger partial charge on any atom is -0.481 e. The van der Waals surface area contributed by atoms with E-state index in [0.29, 0.717) is 17.6 Å². The van der Waals surface area contributed by atoms with Crippen LogP contribution < -0.4 is 0 Å². The molecular weight excluding hydrogens is 293 g/mol. The molecule has 1 aromatic carbocycles. The summed E-state index contributed by atoms with van der Waals surface area (Å²) in [5.41, 5.74) is 0.940. The summed E-state index contributed by atoms with van der Waals surface area (Å²) in [5.74, 6) is 0.103. The van der Waals surface area contributed by atoms with Crippen LogP contribution in [0.5, 0.6) is 0 Å². The molecule has 1 fully saturated rings. The Labute approximate surface area is 125 Å². The summed E-state index contributed by atoms with van der Waals surface area (Å²) >= 11 is 1.16. The number of benzene rings is 1. The van der Waals surface area contributed by atoms with Crippen LogP contribution in [0.4, 0.5) is 4.39 Å². The number of nitrogens with zero attached hydrogens (tertiary/aromatic N) is 3. The summed E-state index contributed by atoms with van der Waals surface area (Å²) in [6.45, 7) is 0.529. The fraction of sp³-hybridized carbons (Fsp3) is 0.357. The molecule has 0 radical (unpaired) electrons. The monoisotopic (exact) mass is 307 g/mol. The highest BCUT2D eigenvalue weighted by atomic mass is 32.2. The molecule has 21 heavy (non-hydrogen) atoms. The molecule has 1 aliphatic rings. The highest BCUT2D eigenvalue weighted by molar-refractivity contribution is 7.99. The number of hydrogen-bond acceptors (Lipinski definition) is 4. The van der Waals surface area contributed by atoms with Crippen LogP contribution in [0.2, 0.25) is 0 Å². The van der Waals surface area contributed by atoms with Gasteiger partial charge in [-0.1, -0.05) is 23.9 Å². The second-order valence-corrected chi connectivity index (χ2v) is 5.95. The summed E-state index contributed by atoms with van der Waals surface area (Å²) in [7, 11) is 0. The van der Waals surface area contributed by atoms with E-state index in [1.54, 1.807) is 12.1 Å². The van der Waals surface area contributed by atoms with Crippen LogP contribution in [0.25, 0.3) is 0 Å². The third-order valence-corrected chi connectivity index (χ3v) is 4.22. The van der Waals surface area contributed by atoms with Crippen LogP contribution in [0.3, 0.4) is 0 Å². The maximum Gasteiger partial charge on any atom is 0.313 e. The first-order valence-corrected chi connectivity index (χ1v) is 7.64. The van der Waals surface area contributed by atoms with E-state index in [2.05, 4.69) is 10.2 Å². The Balaban J connectivity index is 1.84. The van der Waals surface area contributed by atoms with Gasteiger partial charge in [0.15, 0.2) is 5.16 Å². The van der Waals surface area contributed by atoms with E-state index in [-0.39, 0.29) is 11.6 Å². The van der Waals surface area contributed by atoms with Gasteiger partial charge in [-0.05, 0) is 30.5 Å². The van der Waals surface area contributed by atoms with Crippen molar-refractivity contribution < 1.29 is 14.3 Å². The van der Waals surface area contributed by atoms with Gasteiger partial charge >= 0.3 is 5.97 Å². The molecule has 1 aliphatic carbocycles. The lowest BCUT2D eigenvalue weighted by Gasteiger charge is -2.09. The average molecular weight is 307 g/mol. The first kappa shape index (κ1) is 14.1. The van der Waals surface area contributed by atoms with E-state index < -0.39 is 5.97 Å². The quantitative estimate of drug-likeness (QED) is 0.831. The molecule has 7 heteroatoms. The van der Waals surface area contributed by atoms with Gasteiger partial charge in [-0.15, -0.1) is 10.2 Å². The smallest absolute Gasteiger partial charge is 0.313 e. The normalized spacial score (nSPS) is 14.3. The Morgan fingerprint density at radius 2 is 2.05 bits per heavy atom. The number of aliphatic carboxylic acids is 1. The Bertz CT molecular complexity index is 653. The van der Waals surface area contributed by atoms with Crippen molar-refractivity contribution in [1.82, 2.24) is 14.8 Å². The van der Waals surface area contributed by atoms with Crippen molar-refractivity contribution in [3.05, 3.63) is 41.5 Å². The van der Waals surface area contributed by atoms with Gasteiger partial charge in [0.2, 0.25) is 0 Å². The van der Waals surface area contributed by atoms with Crippen LogP contribution >= 0.6 is 11.8 Å². The molecule has 0 atom stereocenters. The average Bonchev–Trinajstić information content (AvgIpc) is 3.22. The van der Waals surface area contributed by atoms with Gasteiger partial charge in [0.1, 0.15) is 11.6 Å². The number of thioether (sulfide) groups is 1. The summed E-state index contributed by atoms with van der Waals surface area (Å²) in [6, 6.07) is 6.27. The van der Waals surface area contributed by atoms with E-state index in [1.165, 1.54) is 12.1 Å². The molecule has 1 heterocycles. The van der Waals surface area contributed by atoms with Crippen LogP contribution in [0.15, 0.2) is 29.4 Å². The van der Waals surface area contributed by atoms with Gasteiger partial charge in [-0.2, -0.15) is 0 Å². The lowest BCUT2D eigenvalue weighted by molar-refractivity contribution is -0.133. The van der Waals surface area contributed by atoms with Crippen LogP contribution in [-0.2, 0) is 11.3 Å². The number of carboxylic acids is 1. The Morgan fingerprint density at radius 3 is 2.67 bits per heavy atom. The minimum atomic E-state index is -0.885. The largest absolute Gasteiger partial charge is 0.481 e. The van der Waals surface area contributed by atoms with Crippen molar-refractivity contribution in [2.75, 3.05) is 5.75 Å². The topological polar surface area (TPSA) is 68.0 Å². The van der Waals surface area contributed by atoms with Crippen molar-refractivity contribution in [3.63, 3.8) is 0 Å². The second-order valence-electron chi connectivity index (χ2n) is 5.01. The molecule has 0 saturated heterocycles. The van der Waals surface area contributed by atoms with Crippen molar-refractivity contribution in [3.8, 4) is 0 Å². The molecule has 1 aromatic heterocycles. The number of rotatable bonds is 6.